The van der Waals surface area contributed by atoms with Crippen LogP contribution < -0.4 is 10.6 Å². The van der Waals surface area contributed by atoms with Crippen LogP contribution in [0.4, 0.5) is 10.1 Å². The van der Waals surface area contributed by atoms with Gasteiger partial charge in [-0.15, -0.1) is 0 Å². The molecule has 43 heavy (non-hydrogen) atoms. The third kappa shape index (κ3) is 6.68. The van der Waals surface area contributed by atoms with Crippen LogP contribution in [0, 0.1) is 5.82 Å². The third-order valence-electron chi connectivity index (χ3n) is 8.24. The number of anilines is 1. The summed E-state index contributed by atoms with van der Waals surface area (Å²) in [5, 5.41) is 5.78. The molecule has 2 N–H and O–H groups in total. The molecule has 2 aliphatic rings. The maximum Gasteiger partial charge on any atom is 0.313 e. The summed E-state index contributed by atoms with van der Waals surface area (Å²) in [6.07, 6.45) is 3.54. The summed E-state index contributed by atoms with van der Waals surface area (Å²) in [6.45, 7) is 0.151. The smallest absolute Gasteiger partial charge is 0.313 e. The van der Waals surface area contributed by atoms with Crippen molar-refractivity contribution in [1.29, 1.82) is 0 Å². The molecule has 1 unspecified atom stereocenters. The van der Waals surface area contributed by atoms with Crippen LogP contribution in [-0.4, -0.2) is 59.6 Å². The zero-order valence-electron chi connectivity index (χ0n) is 23.5. The molecule has 0 bridgehead atoms. The molecule has 3 aromatic rings. The number of halogens is 3. The first-order chi connectivity index (χ1) is 20.6. The number of hydrogen-bond acceptors (Lipinski definition) is 4. The van der Waals surface area contributed by atoms with Crippen LogP contribution in [-0.2, 0) is 14.4 Å². The second-order valence-electron chi connectivity index (χ2n) is 10.8. The van der Waals surface area contributed by atoms with Crippen molar-refractivity contribution in [3.8, 4) is 0 Å². The van der Waals surface area contributed by atoms with Gasteiger partial charge in [0.15, 0.2) is 0 Å². The normalized spacial score (nSPS) is 20.2. The molecule has 1 aliphatic heterocycles. The number of nitrogens with zero attached hydrogens (tertiary/aromatic N) is 2. The molecule has 1 saturated carbocycles. The third-order valence-corrected chi connectivity index (χ3v) is 8.82. The zero-order valence-corrected chi connectivity index (χ0v) is 25.0. The van der Waals surface area contributed by atoms with Crippen molar-refractivity contribution in [2.24, 2.45) is 0 Å². The number of carbonyl (C=O) groups excluding carboxylic acids is 4. The quantitative estimate of drug-likeness (QED) is 0.363. The Bertz CT molecular complexity index is 1510. The van der Waals surface area contributed by atoms with Gasteiger partial charge in [-0.3, -0.25) is 19.2 Å². The molecule has 0 aromatic heterocycles. The Labute approximate surface area is 259 Å². The molecule has 224 valence electrons. The lowest BCUT2D eigenvalue weighted by Gasteiger charge is -2.35. The Balaban J connectivity index is 1.18. The Hall–Kier alpha value is -3.95. The molecule has 3 aromatic carbocycles. The van der Waals surface area contributed by atoms with Crippen molar-refractivity contribution in [2.75, 3.05) is 25.5 Å². The van der Waals surface area contributed by atoms with Gasteiger partial charge in [0, 0.05) is 53.0 Å². The zero-order chi connectivity index (χ0) is 30.7. The van der Waals surface area contributed by atoms with E-state index in [9.17, 15) is 23.6 Å². The van der Waals surface area contributed by atoms with Gasteiger partial charge in [0.05, 0.1) is 0 Å². The van der Waals surface area contributed by atoms with E-state index in [4.69, 9.17) is 23.2 Å². The number of carbonyl (C=O) groups is 4. The Kier molecular flexibility index (Phi) is 9.32. The molecule has 1 heterocycles. The minimum atomic E-state index is -1.36. The number of rotatable bonds is 5. The largest absolute Gasteiger partial charge is 0.352 e. The van der Waals surface area contributed by atoms with Crippen molar-refractivity contribution in [2.45, 2.75) is 43.7 Å². The highest BCUT2D eigenvalue weighted by Gasteiger charge is 2.39. The maximum absolute atomic E-state index is 14.6. The number of hydrogen-bond donors (Lipinski definition) is 2. The van der Waals surface area contributed by atoms with E-state index in [1.807, 2.05) is 24.1 Å². The van der Waals surface area contributed by atoms with Gasteiger partial charge in [0.2, 0.25) is 5.91 Å². The summed E-state index contributed by atoms with van der Waals surface area (Å²) in [5.74, 6) is -2.97. The first-order valence-electron chi connectivity index (χ1n) is 14.1. The van der Waals surface area contributed by atoms with Crippen molar-refractivity contribution in [3.63, 3.8) is 0 Å². The summed E-state index contributed by atoms with van der Waals surface area (Å²) in [7, 11) is 1.84. The molecule has 5 rings (SSSR count). The van der Waals surface area contributed by atoms with Crippen molar-refractivity contribution in [1.82, 2.24) is 15.1 Å². The van der Waals surface area contributed by atoms with E-state index in [0.717, 1.165) is 42.2 Å². The molecule has 1 aliphatic carbocycles. The Morgan fingerprint density at radius 1 is 0.953 bits per heavy atom. The van der Waals surface area contributed by atoms with Crippen LogP contribution >= 0.6 is 23.2 Å². The number of nitrogens with one attached hydrogen (secondary N) is 2. The molecule has 0 spiro atoms. The summed E-state index contributed by atoms with van der Waals surface area (Å²) < 4.78 is 14.6. The number of benzene rings is 3. The monoisotopic (exact) mass is 624 g/mol. The first-order valence-corrected chi connectivity index (χ1v) is 14.9. The lowest BCUT2D eigenvalue weighted by Crippen LogP contribution is -2.54. The van der Waals surface area contributed by atoms with Gasteiger partial charge in [-0.2, -0.15) is 0 Å². The highest BCUT2D eigenvalue weighted by Crippen LogP contribution is 2.36. The van der Waals surface area contributed by atoms with E-state index in [-0.39, 0.29) is 35.6 Å². The molecular formula is C32H31Cl2FN4O4. The fraction of sp³-hybridized carbons (Fsp3) is 0.312. The summed E-state index contributed by atoms with van der Waals surface area (Å²) in [6, 6.07) is 17.0. The summed E-state index contributed by atoms with van der Waals surface area (Å²) in [5.41, 5.74) is 1.99. The molecule has 1 saturated heterocycles. The van der Waals surface area contributed by atoms with Gasteiger partial charge in [-0.05, 0) is 85.7 Å². The van der Waals surface area contributed by atoms with E-state index in [2.05, 4.69) is 10.6 Å². The highest BCUT2D eigenvalue weighted by molar-refractivity contribution is 6.40. The van der Waals surface area contributed by atoms with Crippen LogP contribution in [0.2, 0.25) is 10.0 Å². The minimum absolute atomic E-state index is 0.00955. The minimum Gasteiger partial charge on any atom is -0.352 e. The van der Waals surface area contributed by atoms with E-state index >= 15 is 0 Å². The van der Waals surface area contributed by atoms with Crippen LogP contribution in [0.1, 0.15) is 59.1 Å². The summed E-state index contributed by atoms with van der Waals surface area (Å²) >= 11 is 12.1. The molecular weight excluding hydrogens is 594 g/mol. The average Bonchev–Trinajstić information content (AvgIpc) is 3.01. The predicted molar refractivity (Wildman–Crippen MR) is 162 cm³/mol. The summed E-state index contributed by atoms with van der Waals surface area (Å²) in [4.78, 5) is 54.5. The fourth-order valence-corrected chi connectivity index (χ4v) is 6.25. The van der Waals surface area contributed by atoms with Gasteiger partial charge < -0.3 is 20.4 Å². The first kappa shape index (κ1) is 30.5. The van der Waals surface area contributed by atoms with Crippen molar-refractivity contribution >= 4 is 52.5 Å². The fourth-order valence-electron chi connectivity index (χ4n) is 5.86. The maximum atomic E-state index is 14.6. The van der Waals surface area contributed by atoms with E-state index in [1.54, 1.807) is 36.4 Å². The van der Waals surface area contributed by atoms with Gasteiger partial charge in [-0.1, -0.05) is 41.4 Å². The average molecular weight is 626 g/mol. The Morgan fingerprint density at radius 2 is 1.63 bits per heavy atom. The molecule has 1 atom stereocenters. The lowest BCUT2D eigenvalue weighted by atomic mass is 9.81. The number of amides is 4. The van der Waals surface area contributed by atoms with Crippen LogP contribution in [0.5, 0.6) is 0 Å². The second-order valence-corrected chi connectivity index (χ2v) is 11.7. The van der Waals surface area contributed by atoms with Gasteiger partial charge in [0.25, 0.3) is 5.91 Å². The van der Waals surface area contributed by atoms with Crippen molar-refractivity contribution < 1.29 is 23.6 Å². The highest BCUT2D eigenvalue weighted by atomic mass is 35.5. The second kappa shape index (κ2) is 13.1. The molecule has 0 radical (unpaired) electrons. The molecule has 11 heteroatoms. The van der Waals surface area contributed by atoms with Crippen LogP contribution in [0.25, 0.3) is 0 Å². The van der Waals surface area contributed by atoms with Crippen LogP contribution in [0.3, 0.4) is 0 Å². The van der Waals surface area contributed by atoms with E-state index in [0.29, 0.717) is 22.2 Å². The van der Waals surface area contributed by atoms with Gasteiger partial charge in [0.1, 0.15) is 11.9 Å². The molecule has 2 fully saturated rings. The predicted octanol–water partition coefficient (Wildman–Crippen LogP) is 5.57. The SMILES string of the molecule is CN(C(=O)c1ccc(Cl)cc1)C1CCC(c2ccc(NC(=O)C(=O)N3CCNC(=O)C3c3c(F)cccc3Cl)cc2)CC1. The van der Waals surface area contributed by atoms with E-state index < -0.39 is 29.6 Å². The van der Waals surface area contributed by atoms with Crippen LogP contribution in [0.15, 0.2) is 66.7 Å². The topological polar surface area (TPSA) is 98.8 Å². The van der Waals surface area contributed by atoms with Gasteiger partial charge in [-0.25, -0.2) is 4.39 Å². The molecule has 8 nitrogen and oxygen atoms in total. The number of piperazine rings is 1. The van der Waals surface area contributed by atoms with Gasteiger partial charge >= 0.3 is 11.8 Å². The van der Waals surface area contributed by atoms with Crippen molar-refractivity contribution in [3.05, 3.63) is 99.3 Å². The van der Waals surface area contributed by atoms with E-state index in [1.165, 1.54) is 12.1 Å². The lowest BCUT2D eigenvalue weighted by molar-refractivity contribution is -0.149. The molecule has 4 amide bonds. The Morgan fingerprint density at radius 3 is 2.28 bits per heavy atom. The standard InChI is InChI=1S/C32H31Cl2FN4O4/c1-38(31(42)21-5-11-22(33)12-6-21)24-15-9-20(10-16-24)19-7-13-23(14-8-19)37-30(41)32(43)39-18-17-36-29(40)28(39)27-25(34)3-2-4-26(27)35/h2-8,11-14,20,24,28H,9-10,15-18H2,1H3,(H,36,40)(H,37,41).